The van der Waals surface area contributed by atoms with E-state index < -0.39 is 5.82 Å². The standard InChI is InChI=1S/C23H21FN4O3S/c1-13-4-9-19(31-3)17(10-13)26-20(29)12-32-23-27-18-11-14(2)25-21(18)22(30)28(23)16-7-5-15(24)6-8-16/h4-11,25H,12H2,1-3H3,(H,26,29). The van der Waals surface area contributed by atoms with Crippen LogP contribution < -0.4 is 15.6 Å². The van der Waals surface area contributed by atoms with Crippen LogP contribution in [-0.4, -0.2) is 33.3 Å². The van der Waals surface area contributed by atoms with Gasteiger partial charge >= 0.3 is 0 Å². The highest BCUT2D eigenvalue weighted by molar-refractivity contribution is 7.99. The summed E-state index contributed by atoms with van der Waals surface area (Å²) in [7, 11) is 1.54. The fraction of sp³-hybridized carbons (Fsp3) is 0.174. The molecule has 32 heavy (non-hydrogen) atoms. The molecule has 0 atom stereocenters. The van der Waals surface area contributed by atoms with Crippen molar-refractivity contribution < 1.29 is 13.9 Å². The molecule has 2 heterocycles. The molecule has 7 nitrogen and oxygen atoms in total. The third-order valence-corrected chi connectivity index (χ3v) is 5.74. The van der Waals surface area contributed by atoms with Crippen LogP contribution in [0.1, 0.15) is 11.3 Å². The molecule has 0 saturated carbocycles. The summed E-state index contributed by atoms with van der Waals surface area (Å²) in [6.07, 6.45) is 0. The first-order valence-electron chi connectivity index (χ1n) is 9.81. The first-order chi connectivity index (χ1) is 15.4. The number of ether oxygens (including phenoxy) is 1. The van der Waals surface area contributed by atoms with Crippen molar-refractivity contribution in [3.05, 3.63) is 76.0 Å². The van der Waals surface area contributed by atoms with Gasteiger partial charge in [-0.3, -0.25) is 14.2 Å². The summed E-state index contributed by atoms with van der Waals surface area (Å²) in [5, 5.41) is 3.17. The Morgan fingerprint density at radius 3 is 2.66 bits per heavy atom. The van der Waals surface area contributed by atoms with E-state index in [1.807, 2.05) is 26.0 Å². The number of nitrogens with zero attached hydrogens (tertiary/aromatic N) is 2. The van der Waals surface area contributed by atoms with Gasteiger partial charge in [-0.05, 0) is 61.9 Å². The third-order valence-electron chi connectivity index (χ3n) is 4.80. The van der Waals surface area contributed by atoms with Crippen LogP contribution in [0, 0.1) is 19.7 Å². The minimum absolute atomic E-state index is 0.0135. The molecule has 1 amide bonds. The number of aryl methyl sites for hydroxylation is 2. The van der Waals surface area contributed by atoms with Crippen LogP contribution in [0.4, 0.5) is 10.1 Å². The lowest BCUT2D eigenvalue weighted by atomic mass is 10.2. The van der Waals surface area contributed by atoms with Crippen molar-refractivity contribution in [2.75, 3.05) is 18.2 Å². The summed E-state index contributed by atoms with van der Waals surface area (Å²) < 4.78 is 20.1. The molecule has 4 rings (SSSR count). The average Bonchev–Trinajstić information content (AvgIpc) is 3.14. The van der Waals surface area contributed by atoms with Crippen molar-refractivity contribution >= 4 is 34.4 Å². The number of methoxy groups -OCH3 is 1. The molecule has 4 aromatic rings. The smallest absolute Gasteiger partial charge is 0.283 e. The maximum absolute atomic E-state index is 13.4. The third kappa shape index (κ3) is 4.38. The molecule has 0 spiro atoms. The maximum atomic E-state index is 13.4. The number of thioether (sulfide) groups is 1. The van der Waals surface area contributed by atoms with Gasteiger partial charge in [0.05, 0.1) is 29.8 Å². The van der Waals surface area contributed by atoms with Crippen LogP contribution in [0.2, 0.25) is 0 Å². The highest BCUT2D eigenvalue weighted by Crippen LogP contribution is 2.26. The van der Waals surface area contributed by atoms with E-state index in [9.17, 15) is 14.0 Å². The van der Waals surface area contributed by atoms with Crippen molar-refractivity contribution in [3.63, 3.8) is 0 Å². The van der Waals surface area contributed by atoms with Crippen LogP contribution in [0.25, 0.3) is 16.7 Å². The van der Waals surface area contributed by atoms with E-state index >= 15 is 0 Å². The number of halogens is 1. The van der Waals surface area contributed by atoms with E-state index in [0.29, 0.717) is 33.3 Å². The largest absolute Gasteiger partial charge is 0.495 e. The molecule has 0 saturated heterocycles. The van der Waals surface area contributed by atoms with E-state index in [-0.39, 0.29) is 17.2 Å². The van der Waals surface area contributed by atoms with Gasteiger partial charge in [-0.15, -0.1) is 0 Å². The number of amides is 1. The van der Waals surface area contributed by atoms with E-state index in [1.54, 1.807) is 12.1 Å². The van der Waals surface area contributed by atoms with Gasteiger partial charge in [-0.25, -0.2) is 9.37 Å². The zero-order valence-corrected chi connectivity index (χ0v) is 18.5. The molecule has 0 fully saturated rings. The Morgan fingerprint density at radius 2 is 1.94 bits per heavy atom. The molecule has 2 aromatic carbocycles. The number of aromatic nitrogens is 3. The predicted molar refractivity (Wildman–Crippen MR) is 123 cm³/mol. The van der Waals surface area contributed by atoms with Crippen LogP contribution >= 0.6 is 11.8 Å². The Bertz CT molecular complexity index is 1360. The van der Waals surface area contributed by atoms with E-state index in [2.05, 4.69) is 15.3 Å². The Kier molecular flexibility index (Phi) is 6.00. The summed E-state index contributed by atoms with van der Waals surface area (Å²) in [5.74, 6) is -0.115. The van der Waals surface area contributed by atoms with Gasteiger partial charge in [0.15, 0.2) is 5.16 Å². The highest BCUT2D eigenvalue weighted by Gasteiger charge is 2.17. The molecule has 0 unspecified atom stereocenters. The number of anilines is 1. The minimum atomic E-state index is -0.410. The summed E-state index contributed by atoms with van der Waals surface area (Å²) in [4.78, 5) is 33.4. The number of carbonyl (C=O) groups excluding carboxylic acids is 1. The van der Waals surface area contributed by atoms with Gasteiger partial charge in [-0.1, -0.05) is 17.8 Å². The molecule has 164 valence electrons. The van der Waals surface area contributed by atoms with Crippen LogP contribution in [0.5, 0.6) is 5.75 Å². The van der Waals surface area contributed by atoms with E-state index in [0.717, 1.165) is 23.0 Å². The second-order valence-corrected chi connectivity index (χ2v) is 8.21. The van der Waals surface area contributed by atoms with E-state index in [4.69, 9.17) is 4.74 Å². The first-order valence-corrected chi connectivity index (χ1v) is 10.8. The zero-order chi connectivity index (χ0) is 22.8. The van der Waals surface area contributed by atoms with Crippen molar-refractivity contribution in [2.24, 2.45) is 0 Å². The molecule has 0 bridgehead atoms. The van der Waals surface area contributed by atoms with Gasteiger partial charge in [-0.2, -0.15) is 0 Å². The fourth-order valence-electron chi connectivity index (χ4n) is 3.33. The lowest BCUT2D eigenvalue weighted by Gasteiger charge is -2.13. The number of H-pyrrole nitrogens is 1. The number of carbonyl (C=O) groups is 1. The molecule has 0 radical (unpaired) electrons. The Balaban J connectivity index is 1.66. The summed E-state index contributed by atoms with van der Waals surface area (Å²) in [6.45, 7) is 3.75. The molecule has 0 aliphatic rings. The van der Waals surface area contributed by atoms with Gasteiger partial charge in [0.25, 0.3) is 5.56 Å². The Hall–Kier alpha value is -3.59. The molecule has 2 N–H and O–H groups in total. The lowest BCUT2D eigenvalue weighted by Crippen LogP contribution is -2.23. The van der Waals surface area contributed by atoms with Crippen LogP contribution in [0.15, 0.2) is 58.5 Å². The summed E-state index contributed by atoms with van der Waals surface area (Å²) in [5.41, 5.74) is 3.34. The van der Waals surface area contributed by atoms with E-state index in [1.165, 1.54) is 35.9 Å². The zero-order valence-electron chi connectivity index (χ0n) is 17.7. The number of fused-ring (bicyclic) bond motifs is 1. The quantitative estimate of drug-likeness (QED) is 0.338. The van der Waals surface area contributed by atoms with Crippen LogP contribution in [0.3, 0.4) is 0 Å². The number of aromatic amines is 1. The maximum Gasteiger partial charge on any atom is 0.283 e. The Morgan fingerprint density at radius 1 is 1.19 bits per heavy atom. The second-order valence-electron chi connectivity index (χ2n) is 7.26. The van der Waals surface area contributed by atoms with Crippen molar-refractivity contribution in [1.29, 1.82) is 0 Å². The minimum Gasteiger partial charge on any atom is -0.495 e. The van der Waals surface area contributed by atoms with Crippen molar-refractivity contribution in [1.82, 2.24) is 14.5 Å². The number of hydrogen-bond acceptors (Lipinski definition) is 5. The molecule has 9 heteroatoms. The topological polar surface area (TPSA) is 89.0 Å². The molecule has 2 aromatic heterocycles. The van der Waals surface area contributed by atoms with Crippen molar-refractivity contribution in [3.8, 4) is 11.4 Å². The van der Waals surface area contributed by atoms with Crippen molar-refractivity contribution in [2.45, 2.75) is 19.0 Å². The molecule has 0 aliphatic carbocycles. The number of benzene rings is 2. The number of hydrogen-bond donors (Lipinski definition) is 2. The SMILES string of the molecule is COc1ccc(C)cc1NC(=O)CSc1nc2cc(C)[nH]c2c(=O)n1-c1ccc(F)cc1. The summed E-state index contributed by atoms with van der Waals surface area (Å²) in [6, 6.07) is 12.8. The second kappa shape index (κ2) is 8.88. The molecule has 0 aliphatic heterocycles. The van der Waals surface area contributed by atoms with Gasteiger partial charge < -0.3 is 15.0 Å². The fourth-order valence-corrected chi connectivity index (χ4v) is 4.14. The average molecular weight is 453 g/mol. The molecular formula is C23H21FN4O3S. The monoisotopic (exact) mass is 452 g/mol. The Labute approximate surface area is 187 Å². The first kappa shape index (κ1) is 21.6. The van der Waals surface area contributed by atoms with Gasteiger partial charge in [0, 0.05) is 5.69 Å². The van der Waals surface area contributed by atoms with Crippen LogP contribution in [-0.2, 0) is 4.79 Å². The molecular weight excluding hydrogens is 431 g/mol. The normalized spacial score (nSPS) is 11.0. The summed E-state index contributed by atoms with van der Waals surface area (Å²) >= 11 is 1.12. The number of rotatable bonds is 6. The predicted octanol–water partition coefficient (Wildman–Crippen LogP) is 4.21. The lowest BCUT2D eigenvalue weighted by molar-refractivity contribution is -0.113. The van der Waals surface area contributed by atoms with Gasteiger partial charge in [0.1, 0.15) is 17.1 Å². The highest BCUT2D eigenvalue weighted by atomic mass is 32.2. The van der Waals surface area contributed by atoms with Gasteiger partial charge in [0.2, 0.25) is 5.91 Å². The number of nitrogens with one attached hydrogen (secondary N) is 2.